The van der Waals surface area contributed by atoms with Crippen molar-refractivity contribution in [3.05, 3.63) is 12.2 Å². The minimum Gasteiger partial charge on any atom is -0.481 e. The zero-order valence-electron chi connectivity index (χ0n) is 11.3. The normalized spacial score (nSPS) is 36.3. The third-order valence-electron chi connectivity index (χ3n) is 5.16. The summed E-state index contributed by atoms with van der Waals surface area (Å²) in [5.74, 6) is -0.783. The van der Waals surface area contributed by atoms with Crippen LogP contribution in [0.5, 0.6) is 0 Å². The third kappa shape index (κ3) is 2.07. The van der Waals surface area contributed by atoms with Crippen LogP contribution in [-0.4, -0.2) is 35.5 Å². The highest BCUT2D eigenvalue weighted by molar-refractivity contribution is 5.86. The van der Waals surface area contributed by atoms with Crippen molar-refractivity contribution < 1.29 is 14.7 Å². The topological polar surface area (TPSA) is 57.6 Å². The van der Waals surface area contributed by atoms with Gasteiger partial charge >= 0.3 is 5.97 Å². The quantitative estimate of drug-likeness (QED) is 0.786. The molecule has 104 valence electrons. The van der Waals surface area contributed by atoms with E-state index in [1.165, 1.54) is 19.3 Å². The molecule has 2 saturated carbocycles. The lowest BCUT2D eigenvalue weighted by atomic mass is 9.81. The van der Waals surface area contributed by atoms with Crippen LogP contribution in [0.3, 0.4) is 0 Å². The number of rotatable bonds is 4. The Hall–Kier alpha value is -1.32. The predicted octanol–water partition coefficient (Wildman–Crippen LogP) is 1.77. The Morgan fingerprint density at radius 1 is 1.21 bits per heavy atom. The van der Waals surface area contributed by atoms with E-state index in [9.17, 15) is 14.7 Å². The van der Waals surface area contributed by atoms with E-state index in [4.69, 9.17) is 0 Å². The van der Waals surface area contributed by atoms with Gasteiger partial charge in [-0.25, -0.2) is 0 Å². The third-order valence-corrected chi connectivity index (χ3v) is 5.16. The zero-order chi connectivity index (χ0) is 13.6. The molecule has 0 saturated heterocycles. The maximum Gasteiger partial charge on any atom is 0.307 e. The smallest absolute Gasteiger partial charge is 0.307 e. The summed E-state index contributed by atoms with van der Waals surface area (Å²) in [6.07, 6.45) is 8.54. The van der Waals surface area contributed by atoms with Crippen LogP contribution in [0.4, 0.5) is 0 Å². The molecule has 19 heavy (non-hydrogen) atoms. The molecule has 0 aromatic heterocycles. The Morgan fingerprint density at radius 3 is 2.37 bits per heavy atom. The number of aliphatic carboxylic acids is 1. The minimum atomic E-state index is -0.813. The predicted molar refractivity (Wildman–Crippen MR) is 70.3 cm³/mol. The van der Waals surface area contributed by atoms with Crippen molar-refractivity contribution in [2.45, 2.75) is 25.7 Å². The van der Waals surface area contributed by atoms with Crippen LogP contribution in [0.15, 0.2) is 12.2 Å². The summed E-state index contributed by atoms with van der Waals surface area (Å²) in [5, 5.41) is 9.37. The van der Waals surface area contributed by atoms with Crippen LogP contribution < -0.4 is 0 Å². The SMILES string of the molecule is CN(CC1CCC1)C(=O)[C@H]1C2C=CC(C2)[C@H]1C(=O)O. The molecule has 2 bridgehead atoms. The Bertz CT molecular complexity index is 427. The number of carbonyl (C=O) groups excluding carboxylic acids is 1. The molecule has 4 heteroatoms. The average Bonchev–Trinajstić information content (AvgIpc) is 2.92. The highest BCUT2D eigenvalue weighted by Crippen LogP contribution is 2.48. The van der Waals surface area contributed by atoms with Crippen LogP contribution in [0.2, 0.25) is 0 Å². The van der Waals surface area contributed by atoms with Gasteiger partial charge in [0.15, 0.2) is 0 Å². The molecular formula is C15H21NO3. The largest absolute Gasteiger partial charge is 0.481 e. The summed E-state index contributed by atoms with van der Waals surface area (Å²) in [5.41, 5.74) is 0. The van der Waals surface area contributed by atoms with Crippen molar-refractivity contribution in [3.63, 3.8) is 0 Å². The average molecular weight is 263 g/mol. The number of amides is 1. The fourth-order valence-corrected chi connectivity index (χ4v) is 3.90. The molecule has 3 aliphatic carbocycles. The number of allylic oxidation sites excluding steroid dienone is 2. The van der Waals surface area contributed by atoms with E-state index in [1.807, 2.05) is 19.2 Å². The Labute approximate surface area is 113 Å². The van der Waals surface area contributed by atoms with E-state index < -0.39 is 11.9 Å². The molecule has 2 fully saturated rings. The molecule has 1 amide bonds. The number of hydrogen-bond donors (Lipinski definition) is 1. The molecule has 3 aliphatic rings. The first kappa shape index (κ1) is 12.7. The number of carbonyl (C=O) groups is 2. The van der Waals surface area contributed by atoms with Crippen molar-refractivity contribution >= 4 is 11.9 Å². The summed E-state index contributed by atoms with van der Waals surface area (Å²) in [6, 6.07) is 0. The van der Waals surface area contributed by atoms with E-state index in [0.717, 1.165) is 13.0 Å². The molecule has 0 aromatic carbocycles. The maximum absolute atomic E-state index is 12.6. The van der Waals surface area contributed by atoms with Crippen molar-refractivity contribution in [3.8, 4) is 0 Å². The van der Waals surface area contributed by atoms with Gasteiger partial charge in [0, 0.05) is 13.6 Å². The first-order chi connectivity index (χ1) is 9.08. The number of nitrogens with zero attached hydrogens (tertiary/aromatic N) is 1. The Morgan fingerprint density at radius 2 is 1.84 bits per heavy atom. The Balaban J connectivity index is 1.70. The van der Waals surface area contributed by atoms with Crippen molar-refractivity contribution in [2.24, 2.45) is 29.6 Å². The van der Waals surface area contributed by atoms with Crippen molar-refractivity contribution in [1.29, 1.82) is 0 Å². The molecular weight excluding hydrogens is 242 g/mol. The van der Waals surface area contributed by atoms with E-state index in [-0.39, 0.29) is 23.7 Å². The van der Waals surface area contributed by atoms with E-state index in [1.54, 1.807) is 4.90 Å². The van der Waals surface area contributed by atoms with E-state index in [2.05, 4.69) is 0 Å². The van der Waals surface area contributed by atoms with Gasteiger partial charge in [-0.15, -0.1) is 0 Å². The molecule has 2 unspecified atom stereocenters. The fourth-order valence-electron chi connectivity index (χ4n) is 3.90. The van der Waals surface area contributed by atoms with Crippen LogP contribution in [0.1, 0.15) is 25.7 Å². The first-order valence-electron chi connectivity index (χ1n) is 7.24. The molecule has 3 rings (SSSR count). The lowest BCUT2D eigenvalue weighted by molar-refractivity contribution is -0.150. The summed E-state index contributed by atoms with van der Waals surface area (Å²) >= 11 is 0. The Kier molecular flexibility index (Phi) is 3.11. The standard InChI is InChI=1S/C15H21NO3/c1-16(8-9-3-2-4-9)14(17)12-10-5-6-11(7-10)13(12)15(18)19/h5-6,9-13H,2-4,7-8H2,1H3,(H,18,19)/t10?,11?,12-,13+/m0/s1. The maximum atomic E-state index is 12.6. The summed E-state index contributed by atoms with van der Waals surface area (Å²) in [6.45, 7) is 0.794. The minimum absolute atomic E-state index is 0.0381. The van der Waals surface area contributed by atoms with Gasteiger partial charge in [0.1, 0.15) is 0 Å². The molecule has 0 heterocycles. The molecule has 0 spiro atoms. The molecule has 4 atom stereocenters. The first-order valence-corrected chi connectivity index (χ1v) is 7.24. The highest BCUT2D eigenvalue weighted by atomic mass is 16.4. The number of fused-ring (bicyclic) bond motifs is 2. The number of hydrogen-bond acceptors (Lipinski definition) is 2. The van der Waals surface area contributed by atoms with Gasteiger partial charge in [0.05, 0.1) is 11.8 Å². The van der Waals surface area contributed by atoms with Crippen LogP contribution >= 0.6 is 0 Å². The molecule has 4 nitrogen and oxygen atoms in total. The zero-order valence-corrected chi connectivity index (χ0v) is 11.3. The van der Waals surface area contributed by atoms with Gasteiger partial charge in [-0.05, 0) is 37.0 Å². The summed E-state index contributed by atoms with van der Waals surface area (Å²) < 4.78 is 0. The van der Waals surface area contributed by atoms with Gasteiger partial charge in [-0.3, -0.25) is 9.59 Å². The van der Waals surface area contributed by atoms with Gasteiger partial charge in [-0.1, -0.05) is 18.6 Å². The van der Waals surface area contributed by atoms with Crippen molar-refractivity contribution in [1.82, 2.24) is 4.90 Å². The fraction of sp³-hybridized carbons (Fsp3) is 0.733. The molecule has 1 N–H and O–H groups in total. The number of carboxylic acid groups (broad SMARTS) is 1. The van der Waals surface area contributed by atoms with Crippen LogP contribution in [0.25, 0.3) is 0 Å². The summed E-state index contributed by atoms with van der Waals surface area (Å²) in [7, 11) is 1.83. The summed E-state index contributed by atoms with van der Waals surface area (Å²) in [4.78, 5) is 25.7. The van der Waals surface area contributed by atoms with Gasteiger partial charge < -0.3 is 10.0 Å². The van der Waals surface area contributed by atoms with E-state index >= 15 is 0 Å². The van der Waals surface area contributed by atoms with Crippen LogP contribution in [-0.2, 0) is 9.59 Å². The second-order valence-corrected chi connectivity index (χ2v) is 6.35. The molecule has 0 aliphatic heterocycles. The van der Waals surface area contributed by atoms with Gasteiger partial charge in [-0.2, -0.15) is 0 Å². The lowest BCUT2D eigenvalue weighted by Gasteiger charge is -2.33. The number of carboxylic acids is 1. The molecule has 0 aromatic rings. The second kappa shape index (κ2) is 4.66. The monoisotopic (exact) mass is 263 g/mol. The van der Waals surface area contributed by atoms with Crippen LogP contribution in [0, 0.1) is 29.6 Å². The highest BCUT2D eigenvalue weighted by Gasteiger charge is 2.52. The van der Waals surface area contributed by atoms with E-state index in [0.29, 0.717) is 5.92 Å². The lowest BCUT2D eigenvalue weighted by Crippen LogP contribution is -2.43. The molecule has 0 radical (unpaired) electrons. The van der Waals surface area contributed by atoms with Gasteiger partial charge in [0.25, 0.3) is 0 Å². The van der Waals surface area contributed by atoms with Crippen molar-refractivity contribution in [2.75, 3.05) is 13.6 Å². The van der Waals surface area contributed by atoms with Gasteiger partial charge in [0.2, 0.25) is 5.91 Å². The second-order valence-electron chi connectivity index (χ2n) is 6.35.